The second-order valence-electron chi connectivity index (χ2n) is 4.29. The molecular weight excluding hydrogens is 152 g/mol. The van der Waals surface area contributed by atoms with E-state index in [2.05, 4.69) is 5.32 Å². The molecular formula is C9H18N2O. The van der Waals surface area contributed by atoms with Crippen LogP contribution < -0.4 is 11.1 Å². The van der Waals surface area contributed by atoms with Crippen LogP contribution in [0.15, 0.2) is 0 Å². The third-order valence-corrected chi connectivity index (χ3v) is 3.60. The van der Waals surface area contributed by atoms with Crippen LogP contribution in [-0.2, 0) is 0 Å². The lowest BCUT2D eigenvalue weighted by Crippen LogP contribution is -2.67. The summed E-state index contributed by atoms with van der Waals surface area (Å²) >= 11 is 0. The Kier molecular flexibility index (Phi) is 1.90. The number of aliphatic hydroxyl groups is 1. The standard InChI is InChI=1S/C9H18N2O/c10-8(2-1-3-8)9(12)4-6-11-7-5-9/h11-12H,1-7,10H2. The minimum Gasteiger partial charge on any atom is -0.388 e. The van der Waals surface area contributed by atoms with E-state index < -0.39 is 5.60 Å². The molecule has 70 valence electrons. The second-order valence-corrected chi connectivity index (χ2v) is 4.29. The minimum absolute atomic E-state index is 0.255. The summed E-state index contributed by atoms with van der Waals surface area (Å²) in [5.41, 5.74) is 5.31. The molecule has 0 atom stereocenters. The highest BCUT2D eigenvalue weighted by Crippen LogP contribution is 2.42. The zero-order valence-corrected chi connectivity index (χ0v) is 7.47. The number of hydrogen-bond donors (Lipinski definition) is 3. The van der Waals surface area contributed by atoms with Crippen molar-refractivity contribution in [3.63, 3.8) is 0 Å². The number of nitrogens with two attached hydrogens (primary N) is 1. The Morgan fingerprint density at radius 2 is 1.67 bits per heavy atom. The van der Waals surface area contributed by atoms with Crippen LogP contribution in [0.2, 0.25) is 0 Å². The molecule has 0 aromatic carbocycles. The van der Waals surface area contributed by atoms with E-state index in [4.69, 9.17) is 5.73 Å². The summed E-state index contributed by atoms with van der Waals surface area (Å²) in [5.74, 6) is 0. The van der Waals surface area contributed by atoms with E-state index in [1.54, 1.807) is 0 Å². The second kappa shape index (κ2) is 2.69. The largest absolute Gasteiger partial charge is 0.388 e. The van der Waals surface area contributed by atoms with Gasteiger partial charge in [-0.15, -0.1) is 0 Å². The molecule has 1 heterocycles. The van der Waals surface area contributed by atoms with Gasteiger partial charge in [-0.1, -0.05) is 0 Å². The quantitative estimate of drug-likeness (QED) is 0.518. The zero-order chi connectivity index (χ0) is 8.66. The Balaban J connectivity index is 2.07. The zero-order valence-electron chi connectivity index (χ0n) is 7.47. The van der Waals surface area contributed by atoms with Gasteiger partial charge in [-0.05, 0) is 45.2 Å². The van der Waals surface area contributed by atoms with Crippen LogP contribution in [0, 0.1) is 0 Å². The Bertz CT molecular complexity index is 171. The molecule has 0 unspecified atom stereocenters. The van der Waals surface area contributed by atoms with Crippen molar-refractivity contribution in [2.75, 3.05) is 13.1 Å². The average molecular weight is 170 g/mol. The molecule has 1 aliphatic heterocycles. The average Bonchev–Trinajstić information content (AvgIpc) is 2.01. The molecule has 0 spiro atoms. The molecule has 3 nitrogen and oxygen atoms in total. The van der Waals surface area contributed by atoms with E-state index in [1.165, 1.54) is 6.42 Å². The van der Waals surface area contributed by atoms with Crippen molar-refractivity contribution < 1.29 is 5.11 Å². The van der Waals surface area contributed by atoms with Gasteiger partial charge in [0.25, 0.3) is 0 Å². The third-order valence-electron chi connectivity index (χ3n) is 3.60. The molecule has 0 aromatic heterocycles. The molecule has 1 saturated carbocycles. The molecule has 2 rings (SSSR count). The van der Waals surface area contributed by atoms with Crippen LogP contribution in [0.25, 0.3) is 0 Å². The number of nitrogens with one attached hydrogen (secondary N) is 1. The normalized spacial score (nSPS) is 32.5. The van der Waals surface area contributed by atoms with Crippen LogP contribution in [-0.4, -0.2) is 29.3 Å². The highest BCUT2D eigenvalue weighted by molar-refractivity contribution is 5.09. The van der Waals surface area contributed by atoms with Crippen LogP contribution in [0.1, 0.15) is 32.1 Å². The lowest BCUT2D eigenvalue weighted by Gasteiger charge is -2.52. The fourth-order valence-corrected chi connectivity index (χ4v) is 2.36. The van der Waals surface area contributed by atoms with Crippen LogP contribution in [0.4, 0.5) is 0 Å². The van der Waals surface area contributed by atoms with E-state index >= 15 is 0 Å². The summed E-state index contributed by atoms with van der Waals surface area (Å²) < 4.78 is 0. The SMILES string of the molecule is NC1(C2(O)CCNCC2)CCC1. The molecule has 2 aliphatic rings. The summed E-state index contributed by atoms with van der Waals surface area (Å²) in [4.78, 5) is 0. The maximum absolute atomic E-state index is 10.3. The first-order valence-corrected chi connectivity index (χ1v) is 4.88. The summed E-state index contributed by atoms with van der Waals surface area (Å²) in [5, 5.41) is 13.5. The molecule has 2 fully saturated rings. The highest BCUT2D eigenvalue weighted by atomic mass is 16.3. The first-order chi connectivity index (χ1) is 5.66. The van der Waals surface area contributed by atoms with Crippen LogP contribution in [0.3, 0.4) is 0 Å². The number of piperidine rings is 1. The maximum atomic E-state index is 10.3. The fraction of sp³-hybridized carbons (Fsp3) is 1.00. The van der Waals surface area contributed by atoms with Gasteiger partial charge < -0.3 is 16.2 Å². The van der Waals surface area contributed by atoms with Gasteiger partial charge >= 0.3 is 0 Å². The molecule has 0 radical (unpaired) electrons. The Morgan fingerprint density at radius 1 is 1.08 bits per heavy atom. The highest BCUT2D eigenvalue weighted by Gasteiger charge is 2.51. The number of rotatable bonds is 1. The molecule has 3 heteroatoms. The van der Waals surface area contributed by atoms with E-state index in [9.17, 15) is 5.11 Å². The lowest BCUT2D eigenvalue weighted by molar-refractivity contribution is -0.0897. The fourth-order valence-electron chi connectivity index (χ4n) is 2.36. The van der Waals surface area contributed by atoms with Crippen molar-refractivity contribution in [1.82, 2.24) is 5.32 Å². The summed E-state index contributed by atoms with van der Waals surface area (Å²) in [6.45, 7) is 1.82. The van der Waals surface area contributed by atoms with E-state index in [-0.39, 0.29) is 5.54 Å². The van der Waals surface area contributed by atoms with Crippen molar-refractivity contribution in [1.29, 1.82) is 0 Å². The van der Waals surface area contributed by atoms with Gasteiger partial charge in [0, 0.05) is 5.54 Å². The smallest absolute Gasteiger partial charge is 0.0850 e. The van der Waals surface area contributed by atoms with Gasteiger partial charge in [0.05, 0.1) is 5.60 Å². The van der Waals surface area contributed by atoms with Gasteiger partial charge in [-0.25, -0.2) is 0 Å². The van der Waals surface area contributed by atoms with Gasteiger partial charge in [0.15, 0.2) is 0 Å². The van der Waals surface area contributed by atoms with Gasteiger partial charge in [0.1, 0.15) is 0 Å². The topological polar surface area (TPSA) is 58.3 Å². The van der Waals surface area contributed by atoms with Crippen molar-refractivity contribution in [2.24, 2.45) is 5.73 Å². The first-order valence-electron chi connectivity index (χ1n) is 4.88. The van der Waals surface area contributed by atoms with Crippen LogP contribution >= 0.6 is 0 Å². The molecule has 1 saturated heterocycles. The van der Waals surface area contributed by atoms with Crippen molar-refractivity contribution >= 4 is 0 Å². The summed E-state index contributed by atoms with van der Waals surface area (Å²) in [6.07, 6.45) is 4.84. The van der Waals surface area contributed by atoms with E-state index in [0.717, 1.165) is 38.8 Å². The molecule has 12 heavy (non-hydrogen) atoms. The Labute approximate surface area is 73.3 Å². The van der Waals surface area contributed by atoms with Gasteiger partial charge in [0.2, 0.25) is 0 Å². The third kappa shape index (κ3) is 1.08. The first kappa shape index (κ1) is 8.48. The summed E-state index contributed by atoms with van der Waals surface area (Å²) in [7, 11) is 0. The minimum atomic E-state index is -0.573. The predicted molar refractivity (Wildman–Crippen MR) is 47.8 cm³/mol. The molecule has 0 bridgehead atoms. The molecule has 0 amide bonds. The van der Waals surface area contributed by atoms with Crippen molar-refractivity contribution in [3.05, 3.63) is 0 Å². The Hall–Kier alpha value is -0.120. The maximum Gasteiger partial charge on any atom is 0.0850 e. The van der Waals surface area contributed by atoms with Gasteiger partial charge in [-0.3, -0.25) is 0 Å². The van der Waals surface area contributed by atoms with E-state index in [1.807, 2.05) is 0 Å². The van der Waals surface area contributed by atoms with E-state index in [0.29, 0.717) is 0 Å². The Morgan fingerprint density at radius 3 is 2.08 bits per heavy atom. The lowest BCUT2D eigenvalue weighted by atomic mass is 9.63. The molecule has 0 aromatic rings. The van der Waals surface area contributed by atoms with Crippen molar-refractivity contribution in [3.8, 4) is 0 Å². The van der Waals surface area contributed by atoms with Gasteiger partial charge in [-0.2, -0.15) is 0 Å². The molecule has 4 N–H and O–H groups in total. The summed E-state index contributed by atoms with van der Waals surface area (Å²) in [6, 6.07) is 0. The monoisotopic (exact) mass is 170 g/mol. The van der Waals surface area contributed by atoms with Crippen molar-refractivity contribution in [2.45, 2.75) is 43.2 Å². The predicted octanol–water partition coefficient (Wildman–Crippen LogP) is -0.0177. The number of hydrogen-bond acceptors (Lipinski definition) is 3. The van der Waals surface area contributed by atoms with Crippen LogP contribution in [0.5, 0.6) is 0 Å². The molecule has 1 aliphatic carbocycles.